The summed E-state index contributed by atoms with van der Waals surface area (Å²) in [5.74, 6) is -1.34. The fraction of sp³-hybridized carbons (Fsp3) is 0.286. The van der Waals surface area contributed by atoms with Crippen LogP contribution in [0.1, 0.15) is 32.7 Å². The lowest BCUT2D eigenvalue weighted by atomic mass is 10.1. The molecule has 170 valence electrons. The summed E-state index contributed by atoms with van der Waals surface area (Å²) in [6.07, 6.45) is 0.869. The summed E-state index contributed by atoms with van der Waals surface area (Å²) >= 11 is 0. The molecule has 0 aliphatic carbocycles. The molecule has 32 heavy (non-hydrogen) atoms. The van der Waals surface area contributed by atoms with Crippen LogP contribution in [0.25, 0.3) is 0 Å². The van der Waals surface area contributed by atoms with E-state index in [1.165, 1.54) is 12.1 Å². The second kappa shape index (κ2) is 9.69. The number of hydrogen-bond donors (Lipinski definition) is 3. The Morgan fingerprint density at radius 1 is 0.969 bits per heavy atom. The van der Waals surface area contributed by atoms with Crippen LogP contribution in [0, 0.1) is 6.92 Å². The highest BCUT2D eigenvalue weighted by Crippen LogP contribution is 2.32. The molecule has 0 spiro atoms. The molecule has 11 heteroatoms. The third kappa shape index (κ3) is 6.20. The zero-order valence-corrected chi connectivity index (χ0v) is 18.3. The number of sulfone groups is 1. The Bertz CT molecular complexity index is 1150. The molecule has 1 aliphatic heterocycles. The van der Waals surface area contributed by atoms with Gasteiger partial charge in [0.2, 0.25) is 6.79 Å². The summed E-state index contributed by atoms with van der Waals surface area (Å²) in [6.45, 7) is 1.87. The first kappa shape index (κ1) is 23.1. The number of nitrogens with one attached hydrogen (secondary N) is 3. The molecule has 3 N–H and O–H groups in total. The molecule has 2 aromatic carbocycles. The molecule has 0 radical (unpaired) electrons. The van der Waals surface area contributed by atoms with E-state index in [2.05, 4.69) is 16.2 Å². The summed E-state index contributed by atoms with van der Waals surface area (Å²) in [7, 11) is -3.38. The smallest absolute Gasteiger partial charge is 0.269 e. The summed E-state index contributed by atoms with van der Waals surface area (Å²) in [5.41, 5.74) is 5.88. The van der Waals surface area contributed by atoms with Crippen molar-refractivity contribution in [3.63, 3.8) is 0 Å². The van der Waals surface area contributed by atoms with Gasteiger partial charge in [0.25, 0.3) is 17.7 Å². The van der Waals surface area contributed by atoms with Gasteiger partial charge in [-0.1, -0.05) is 17.7 Å². The molecule has 0 fully saturated rings. The van der Waals surface area contributed by atoms with Crippen LogP contribution in [-0.4, -0.2) is 51.0 Å². The van der Waals surface area contributed by atoms with E-state index in [1.54, 1.807) is 24.3 Å². The quantitative estimate of drug-likeness (QED) is 0.516. The maximum Gasteiger partial charge on any atom is 0.269 e. The monoisotopic (exact) mass is 461 g/mol. The first-order valence-corrected chi connectivity index (χ1v) is 11.7. The Balaban J connectivity index is 1.65. The van der Waals surface area contributed by atoms with Crippen molar-refractivity contribution in [1.82, 2.24) is 16.2 Å². The maximum atomic E-state index is 12.6. The van der Waals surface area contributed by atoms with Gasteiger partial charge in [0.15, 0.2) is 11.5 Å². The summed E-state index contributed by atoms with van der Waals surface area (Å²) in [6, 6.07) is 10.1. The Morgan fingerprint density at radius 2 is 1.69 bits per heavy atom. The number of carbonyl (C=O) groups is 3. The molecule has 1 aliphatic rings. The van der Waals surface area contributed by atoms with Gasteiger partial charge >= 0.3 is 0 Å². The van der Waals surface area contributed by atoms with Gasteiger partial charge < -0.3 is 14.8 Å². The standard InChI is InChI=1S/C21H23N3O7S/c1-13-4-3-5-14(10-13)19(25)22-16(8-9-32(2,28)29)21(27)24-23-20(26)15-6-7-17-18(11-15)31-12-30-17/h3-7,10-11,16H,8-9,12H2,1-2H3,(H,22,25)(H,23,26)(H,24,27)/t16-/m1/s1. The van der Waals surface area contributed by atoms with Crippen molar-refractivity contribution in [2.75, 3.05) is 18.8 Å². The van der Waals surface area contributed by atoms with E-state index in [0.717, 1.165) is 11.8 Å². The Labute approximate surface area is 185 Å². The number of benzene rings is 2. The molecular weight excluding hydrogens is 438 g/mol. The Hall–Kier alpha value is -3.60. The van der Waals surface area contributed by atoms with E-state index < -0.39 is 33.6 Å². The third-order valence-electron chi connectivity index (χ3n) is 4.61. The van der Waals surface area contributed by atoms with E-state index in [9.17, 15) is 22.8 Å². The number of aryl methyl sites for hydroxylation is 1. The molecule has 0 unspecified atom stereocenters. The largest absolute Gasteiger partial charge is 0.454 e. The van der Waals surface area contributed by atoms with Crippen LogP contribution >= 0.6 is 0 Å². The van der Waals surface area contributed by atoms with E-state index in [4.69, 9.17) is 9.47 Å². The third-order valence-corrected chi connectivity index (χ3v) is 5.59. The average Bonchev–Trinajstić information content (AvgIpc) is 3.21. The van der Waals surface area contributed by atoms with Gasteiger partial charge in [-0.25, -0.2) is 8.42 Å². The van der Waals surface area contributed by atoms with Gasteiger partial charge in [-0.05, 0) is 43.7 Å². The number of ether oxygens (including phenoxy) is 2. The minimum Gasteiger partial charge on any atom is -0.454 e. The minimum absolute atomic E-state index is 0.0554. The van der Waals surface area contributed by atoms with Crippen molar-refractivity contribution in [3.05, 3.63) is 59.2 Å². The second-order valence-electron chi connectivity index (χ2n) is 7.33. The van der Waals surface area contributed by atoms with Gasteiger partial charge in [0.05, 0.1) is 5.75 Å². The molecule has 0 saturated heterocycles. The molecule has 1 heterocycles. The van der Waals surface area contributed by atoms with E-state index in [1.807, 2.05) is 13.0 Å². The van der Waals surface area contributed by atoms with Crippen molar-refractivity contribution < 1.29 is 32.3 Å². The molecule has 3 amide bonds. The zero-order valence-electron chi connectivity index (χ0n) is 17.5. The van der Waals surface area contributed by atoms with Gasteiger partial charge in [0.1, 0.15) is 15.9 Å². The number of fused-ring (bicyclic) bond motifs is 1. The van der Waals surface area contributed by atoms with Gasteiger partial charge in [-0.2, -0.15) is 0 Å². The normalized spacial score (nSPS) is 13.2. The summed E-state index contributed by atoms with van der Waals surface area (Å²) in [4.78, 5) is 37.6. The average molecular weight is 461 g/mol. The first-order valence-electron chi connectivity index (χ1n) is 9.67. The van der Waals surface area contributed by atoms with Gasteiger partial charge in [-0.3, -0.25) is 25.2 Å². The lowest BCUT2D eigenvalue weighted by Gasteiger charge is -2.18. The molecule has 0 bridgehead atoms. The van der Waals surface area contributed by atoms with E-state index in [-0.39, 0.29) is 24.5 Å². The summed E-state index contributed by atoms with van der Waals surface area (Å²) < 4.78 is 33.5. The lowest BCUT2D eigenvalue weighted by Crippen LogP contribution is -2.52. The van der Waals surface area contributed by atoms with Crippen LogP contribution < -0.4 is 25.6 Å². The van der Waals surface area contributed by atoms with Crippen molar-refractivity contribution in [2.45, 2.75) is 19.4 Å². The molecular formula is C21H23N3O7S. The Morgan fingerprint density at radius 3 is 2.41 bits per heavy atom. The highest BCUT2D eigenvalue weighted by Gasteiger charge is 2.24. The second-order valence-corrected chi connectivity index (χ2v) is 9.59. The lowest BCUT2D eigenvalue weighted by molar-refractivity contribution is -0.123. The van der Waals surface area contributed by atoms with Crippen LogP contribution in [0.5, 0.6) is 11.5 Å². The number of amides is 3. The highest BCUT2D eigenvalue weighted by molar-refractivity contribution is 7.90. The molecule has 0 saturated carbocycles. The number of hydrogen-bond acceptors (Lipinski definition) is 7. The van der Waals surface area contributed by atoms with Gasteiger partial charge in [-0.15, -0.1) is 0 Å². The van der Waals surface area contributed by atoms with Crippen LogP contribution in [0.3, 0.4) is 0 Å². The first-order chi connectivity index (χ1) is 15.1. The topological polar surface area (TPSA) is 140 Å². The molecule has 1 atom stereocenters. The van der Waals surface area contributed by atoms with Gasteiger partial charge in [0, 0.05) is 17.4 Å². The van der Waals surface area contributed by atoms with E-state index >= 15 is 0 Å². The molecule has 3 rings (SSSR count). The Kier molecular flexibility index (Phi) is 6.98. The molecule has 2 aromatic rings. The fourth-order valence-electron chi connectivity index (χ4n) is 2.94. The fourth-order valence-corrected chi connectivity index (χ4v) is 3.61. The number of rotatable bonds is 7. The van der Waals surface area contributed by atoms with Crippen LogP contribution in [-0.2, 0) is 14.6 Å². The molecule has 10 nitrogen and oxygen atoms in total. The van der Waals surface area contributed by atoms with Crippen molar-refractivity contribution in [2.24, 2.45) is 0 Å². The van der Waals surface area contributed by atoms with Crippen molar-refractivity contribution in [3.8, 4) is 11.5 Å². The van der Waals surface area contributed by atoms with E-state index in [0.29, 0.717) is 17.1 Å². The SMILES string of the molecule is Cc1cccc(C(=O)N[C@H](CCS(C)(=O)=O)C(=O)NNC(=O)c2ccc3c(c2)OCO3)c1. The predicted octanol–water partition coefficient (Wildman–Crippen LogP) is 0.718. The van der Waals surface area contributed by atoms with Crippen LogP contribution in [0.4, 0.5) is 0 Å². The van der Waals surface area contributed by atoms with Crippen LogP contribution in [0.15, 0.2) is 42.5 Å². The summed E-state index contributed by atoms with van der Waals surface area (Å²) in [5, 5.41) is 2.53. The van der Waals surface area contributed by atoms with Crippen LogP contribution in [0.2, 0.25) is 0 Å². The molecule has 0 aromatic heterocycles. The highest BCUT2D eigenvalue weighted by atomic mass is 32.2. The van der Waals surface area contributed by atoms with Crippen molar-refractivity contribution in [1.29, 1.82) is 0 Å². The van der Waals surface area contributed by atoms with Crippen molar-refractivity contribution >= 4 is 27.6 Å². The predicted molar refractivity (Wildman–Crippen MR) is 115 cm³/mol. The zero-order chi connectivity index (χ0) is 23.3. The number of hydrazine groups is 1. The maximum absolute atomic E-state index is 12.6. The minimum atomic E-state index is -3.38. The number of carbonyl (C=O) groups excluding carboxylic acids is 3.